The zero-order valence-corrected chi connectivity index (χ0v) is 9.63. The first-order chi connectivity index (χ1) is 4.24. The molecule has 0 amide bonds. The average Bonchev–Trinajstić information content (AvgIpc) is 1.70. The predicted octanol–water partition coefficient (Wildman–Crippen LogP) is -2.47. The Balaban J connectivity index is -0.0000000257. The van der Waals surface area contributed by atoms with Gasteiger partial charge in [-0.3, -0.25) is 0 Å². The second-order valence-corrected chi connectivity index (χ2v) is 0.866. The molecule has 10 heavy (non-hydrogen) atoms. The molecule has 0 aliphatic rings. The van der Waals surface area contributed by atoms with Crippen LogP contribution >= 0.6 is 36.7 Å². The maximum atomic E-state index is 8.62. The van der Waals surface area contributed by atoms with Crippen molar-refractivity contribution in [3.05, 3.63) is 0 Å². The topological polar surface area (TPSA) is 69.2 Å². The van der Waals surface area contributed by atoms with Gasteiger partial charge in [-0.05, 0) is 0 Å². The fraction of sp³-hybridized carbons (Fsp3) is 0. The summed E-state index contributed by atoms with van der Waals surface area (Å²) in [6.07, 6.45) is 0. The molecule has 0 N–H and O–H groups in total. The van der Waals surface area contributed by atoms with Gasteiger partial charge >= 0.3 is 24.4 Å². The van der Waals surface area contributed by atoms with E-state index in [9.17, 15) is 0 Å². The normalized spacial score (nSPS) is 3.60. The van der Waals surface area contributed by atoms with Crippen molar-refractivity contribution in [2.75, 3.05) is 0 Å². The Labute approximate surface area is 92.5 Å². The van der Waals surface area contributed by atoms with Crippen LogP contribution in [-0.2, 0) is 0 Å². The van der Waals surface area contributed by atoms with Crippen LogP contribution in [0.15, 0.2) is 0 Å². The Morgan fingerprint density at radius 1 is 0.700 bits per heavy atom. The van der Waals surface area contributed by atoms with Crippen LogP contribution in [0.3, 0.4) is 0 Å². The van der Waals surface area contributed by atoms with Crippen molar-refractivity contribution in [3.8, 4) is 0 Å². The van der Waals surface area contributed by atoms with Gasteiger partial charge in [0.15, 0.2) is 0 Å². The average molecular weight is 305 g/mol. The molecule has 2 radical (unpaired) electrons. The molecule has 7 heteroatoms. The van der Waals surface area contributed by atoms with E-state index in [1.165, 1.54) is 0 Å². The van der Waals surface area contributed by atoms with Crippen molar-refractivity contribution in [2.45, 2.75) is 0 Å². The summed E-state index contributed by atoms with van der Waals surface area (Å²) in [5.74, 6) is 0. The number of hydrogen-bond acceptors (Lipinski definition) is 6. The summed E-state index contributed by atoms with van der Waals surface area (Å²) in [4.78, 5) is 0. The van der Waals surface area contributed by atoms with Crippen molar-refractivity contribution >= 4 is 77.7 Å². The van der Waals surface area contributed by atoms with Crippen LogP contribution in [0.1, 0.15) is 0 Å². The van der Waals surface area contributed by atoms with E-state index in [-0.39, 0.29) is 24.4 Å². The van der Waals surface area contributed by atoms with Gasteiger partial charge in [-0.25, -0.2) is 0 Å². The van der Waals surface area contributed by atoms with Crippen molar-refractivity contribution in [1.29, 1.82) is 0 Å². The molecular weight excluding hydrogens is 302 g/mol. The molecule has 0 saturated carbocycles. The van der Waals surface area contributed by atoms with Gasteiger partial charge in [0.2, 0.25) is 0 Å². The minimum absolute atomic E-state index is 0. The van der Waals surface area contributed by atoms with Gasteiger partial charge in [0.25, 0.3) is 0 Å². The fourth-order valence-electron chi connectivity index (χ4n) is 0. The summed E-state index contributed by atoms with van der Waals surface area (Å²) >= 11 is 11.1. The number of hydrogen-bond donors (Lipinski definition) is 0. The smallest absolute Gasteiger partial charge is 0.870 e. The largest absolute Gasteiger partial charge is 3.00 e. The minimum atomic E-state index is 0. The zero-order chi connectivity index (χ0) is 8.12. The van der Waals surface area contributed by atoms with Crippen LogP contribution in [-0.4, -0.2) is 41.1 Å². The van der Waals surface area contributed by atoms with Gasteiger partial charge in [-0.1, -0.05) is 16.7 Å². The molecule has 0 unspecified atom stereocenters. The molecule has 0 aliphatic carbocycles. The molecule has 0 fully saturated rings. The first-order valence-electron chi connectivity index (χ1n) is 1.41. The van der Waals surface area contributed by atoms with Crippen molar-refractivity contribution in [3.63, 3.8) is 0 Å². The Morgan fingerprint density at radius 2 is 0.700 bits per heavy atom. The SMILES string of the molecule is [O-]C=S.[O-]C=S.[O-]C=S.[Sb+3]. The molecule has 0 aromatic rings. The molecule has 0 saturated heterocycles. The summed E-state index contributed by atoms with van der Waals surface area (Å²) in [7, 11) is 0. The van der Waals surface area contributed by atoms with E-state index in [2.05, 4.69) is 36.7 Å². The monoisotopic (exact) mass is 304 g/mol. The van der Waals surface area contributed by atoms with E-state index in [1.54, 1.807) is 0 Å². The number of thiocarbonyl (C=S) groups is 3. The first kappa shape index (κ1) is 22.4. The standard InChI is InChI=1S/3CH2OS.Sb/c3*2-1-3;/h3*1H,(H,2,3);/q;;;+3/p-3. The van der Waals surface area contributed by atoms with Crippen LogP contribution < -0.4 is 15.3 Å². The minimum Gasteiger partial charge on any atom is -0.870 e. The zero-order valence-electron chi connectivity index (χ0n) is 4.63. The van der Waals surface area contributed by atoms with Gasteiger partial charge in [0, 0.05) is 0 Å². The van der Waals surface area contributed by atoms with E-state index >= 15 is 0 Å². The Hall–Kier alpha value is 0.488. The molecule has 3 nitrogen and oxygen atoms in total. The second kappa shape index (κ2) is 56.2. The molecule has 0 aromatic heterocycles. The molecule has 0 rings (SSSR count). The van der Waals surface area contributed by atoms with Crippen molar-refractivity contribution in [2.24, 2.45) is 0 Å². The van der Waals surface area contributed by atoms with E-state index in [4.69, 9.17) is 15.3 Å². The van der Waals surface area contributed by atoms with Crippen molar-refractivity contribution in [1.82, 2.24) is 0 Å². The predicted molar refractivity (Wildman–Crippen MR) is 46.7 cm³/mol. The summed E-state index contributed by atoms with van der Waals surface area (Å²) in [6, 6.07) is 0. The van der Waals surface area contributed by atoms with Gasteiger partial charge in [0.05, 0.1) is 0 Å². The third-order valence-electron chi connectivity index (χ3n) is 0. The molecule has 0 aliphatic heterocycles. The molecule has 0 bridgehead atoms. The first-order valence-corrected chi connectivity index (χ1v) is 2.83. The molecule has 56 valence electrons. The van der Waals surface area contributed by atoms with E-state index in [1.807, 2.05) is 0 Å². The maximum Gasteiger partial charge on any atom is 3.00 e. The summed E-state index contributed by atoms with van der Waals surface area (Å²) in [5, 5.41) is 25.9. The van der Waals surface area contributed by atoms with Gasteiger partial charge in [0.1, 0.15) is 0 Å². The molecular formula is C3H3O3S3Sb. The van der Waals surface area contributed by atoms with Gasteiger partial charge in [-0.2, -0.15) is 0 Å². The van der Waals surface area contributed by atoms with Crippen LogP contribution in [0.5, 0.6) is 0 Å². The van der Waals surface area contributed by atoms with Crippen LogP contribution in [0.4, 0.5) is 0 Å². The molecule has 0 atom stereocenters. The fourth-order valence-corrected chi connectivity index (χ4v) is 0. The summed E-state index contributed by atoms with van der Waals surface area (Å²) in [6.45, 7) is 0. The molecule has 0 heterocycles. The number of rotatable bonds is 0. The van der Waals surface area contributed by atoms with E-state index in [0.717, 1.165) is 0 Å². The van der Waals surface area contributed by atoms with Crippen LogP contribution in [0.2, 0.25) is 0 Å². The summed E-state index contributed by atoms with van der Waals surface area (Å²) < 4.78 is 0. The summed E-state index contributed by atoms with van der Waals surface area (Å²) in [5.41, 5.74) is 1.00. The molecule has 0 spiro atoms. The third kappa shape index (κ3) is 2000. The van der Waals surface area contributed by atoms with Gasteiger partial charge in [-0.15, -0.1) is 36.7 Å². The molecule has 0 aromatic carbocycles. The van der Waals surface area contributed by atoms with Crippen molar-refractivity contribution < 1.29 is 15.3 Å². The third-order valence-corrected chi connectivity index (χ3v) is 0. The van der Waals surface area contributed by atoms with Crippen LogP contribution in [0, 0.1) is 0 Å². The quantitative estimate of drug-likeness (QED) is 0.365. The van der Waals surface area contributed by atoms with Gasteiger partial charge < -0.3 is 15.3 Å². The second-order valence-electron chi connectivity index (χ2n) is 0.289. The van der Waals surface area contributed by atoms with E-state index in [0.29, 0.717) is 16.7 Å². The Morgan fingerprint density at radius 3 is 0.700 bits per heavy atom. The van der Waals surface area contributed by atoms with E-state index < -0.39 is 0 Å². The maximum absolute atomic E-state index is 8.62. The Kier molecular flexibility index (Phi) is 126. The Bertz CT molecular complexity index is 55.7. The van der Waals surface area contributed by atoms with Crippen LogP contribution in [0.25, 0.3) is 0 Å².